The summed E-state index contributed by atoms with van der Waals surface area (Å²) in [7, 11) is 1.61. The lowest BCUT2D eigenvalue weighted by molar-refractivity contribution is 0.0256. The van der Waals surface area contributed by atoms with Crippen LogP contribution in [0.5, 0.6) is 5.75 Å². The van der Waals surface area contributed by atoms with Gasteiger partial charge >= 0.3 is 0 Å². The van der Waals surface area contributed by atoms with Crippen LogP contribution in [0.15, 0.2) is 48.5 Å². The summed E-state index contributed by atoms with van der Waals surface area (Å²) < 4.78 is 5.45. The second-order valence-electron chi connectivity index (χ2n) is 9.44. The first kappa shape index (κ1) is 21.4. The number of ketones is 2. The van der Waals surface area contributed by atoms with E-state index in [9.17, 15) is 9.59 Å². The molecule has 0 atom stereocenters. The molecular formula is C27H32N2O3. The molecule has 0 aromatic heterocycles. The largest absolute Gasteiger partial charge is 0.497 e. The normalized spacial score (nSPS) is 22.2. The molecule has 2 fully saturated rings. The van der Waals surface area contributed by atoms with Gasteiger partial charge in [0.1, 0.15) is 5.75 Å². The van der Waals surface area contributed by atoms with Crippen molar-refractivity contribution in [2.45, 2.75) is 37.6 Å². The maximum atomic E-state index is 13.9. The molecule has 0 unspecified atom stereocenters. The number of Topliss-reactive ketones (excluding diaryl/α,β-unsaturated/α-hetero) is 2. The van der Waals surface area contributed by atoms with Gasteiger partial charge in [-0.05, 0) is 36.5 Å². The Bertz CT molecular complexity index is 968. The van der Waals surface area contributed by atoms with Crippen LogP contribution in [0.3, 0.4) is 0 Å². The number of fused-ring (bicyclic) bond motifs is 1. The summed E-state index contributed by atoms with van der Waals surface area (Å²) in [6.07, 6.45) is 6.74. The van der Waals surface area contributed by atoms with Crippen LogP contribution in [0.1, 0.15) is 58.4 Å². The number of rotatable bonds is 5. The zero-order chi connectivity index (χ0) is 22.1. The maximum absolute atomic E-state index is 13.9. The van der Waals surface area contributed by atoms with E-state index in [0.29, 0.717) is 35.5 Å². The van der Waals surface area contributed by atoms with Crippen LogP contribution < -0.4 is 4.74 Å². The van der Waals surface area contributed by atoms with E-state index in [1.165, 1.54) is 32.1 Å². The highest BCUT2D eigenvalue weighted by Crippen LogP contribution is 2.43. The molecule has 5 nitrogen and oxygen atoms in total. The lowest BCUT2D eigenvalue weighted by atomic mass is 9.82. The number of piperazine rings is 1. The molecule has 0 radical (unpaired) electrons. The first-order chi connectivity index (χ1) is 15.6. The number of nitrogens with zero attached hydrogens (tertiary/aromatic N) is 2. The Morgan fingerprint density at radius 2 is 1.53 bits per heavy atom. The highest BCUT2D eigenvalue weighted by atomic mass is 16.5. The van der Waals surface area contributed by atoms with Gasteiger partial charge in [-0.15, -0.1) is 0 Å². The number of ether oxygens (including phenoxy) is 1. The second-order valence-corrected chi connectivity index (χ2v) is 9.44. The Hall–Kier alpha value is -2.50. The minimum atomic E-state index is -1.30. The van der Waals surface area contributed by atoms with E-state index >= 15 is 0 Å². The van der Waals surface area contributed by atoms with E-state index in [0.717, 1.165) is 25.6 Å². The minimum Gasteiger partial charge on any atom is -0.497 e. The molecule has 2 aliphatic carbocycles. The average Bonchev–Trinajstić information content (AvgIpc) is 3.08. The van der Waals surface area contributed by atoms with Gasteiger partial charge in [0, 0.05) is 43.9 Å². The van der Waals surface area contributed by atoms with Gasteiger partial charge in [-0.3, -0.25) is 14.5 Å². The van der Waals surface area contributed by atoms with Crippen molar-refractivity contribution < 1.29 is 14.3 Å². The van der Waals surface area contributed by atoms with Crippen LogP contribution in [0, 0.1) is 5.92 Å². The van der Waals surface area contributed by atoms with Crippen LogP contribution >= 0.6 is 0 Å². The number of carbonyl (C=O) groups excluding carboxylic acids is 2. The van der Waals surface area contributed by atoms with Gasteiger partial charge in [-0.2, -0.15) is 0 Å². The third-order valence-electron chi connectivity index (χ3n) is 7.65. The smallest absolute Gasteiger partial charge is 0.196 e. The van der Waals surface area contributed by atoms with Crippen LogP contribution in [0.2, 0.25) is 0 Å². The molecule has 32 heavy (non-hydrogen) atoms. The first-order valence-electron chi connectivity index (χ1n) is 11.9. The van der Waals surface area contributed by atoms with Gasteiger partial charge in [0.05, 0.1) is 7.11 Å². The van der Waals surface area contributed by atoms with Gasteiger partial charge in [0.25, 0.3) is 0 Å². The molecule has 1 saturated heterocycles. The van der Waals surface area contributed by atoms with E-state index in [4.69, 9.17) is 4.74 Å². The summed E-state index contributed by atoms with van der Waals surface area (Å²) in [4.78, 5) is 32.5. The molecule has 168 valence electrons. The molecule has 0 N–H and O–H groups in total. The Balaban J connectivity index is 1.46. The molecule has 0 spiro atoms. The number of benzene rings is 2. The van der Waals surface area contributed by atoms with E-state index in [-0.39, 0.29) is 11.6 Å². The molecule has 5 heteroatoms. The fraction of sp³-hybridized carbons (Fsp3) is 0.481. The third kappa shape index (κ3) is 3.48. The van der Waals surface area contributed by atoms with E-state index < -0.39 is 5.54 Å². The van der Waals surface area contributed by atoms with Crippen molar-refractivity contribution in [2.75, 3.05) is 39.8 Å². The average molecular weight is 433 g/mol. The Kier molecular flexibility index (Phi) is 5.87. The zero-order valence-electron chi connectivity index (χ0n) is 18.9. The zero-order valence-corrected chi connectivity index (χ0v) is 18.9. The van der Waals surface area contributed by atoms with Gasteiger partial charge < -0.3 is 9.64 Å². The van der Waals surface area contributed by atoms with Crippen LogP contribution in [0.4, 0.5) is 0 Å². The Morgan fingerprint density at radius 1 is 0.875 bits per heavy atom. The summed E-state index contributed by atoms with van der Waals surface area (Å²) >= 11 is 0. The SMILES string of the molecule is COc1cccc(C2(N3CCN(CC4CCCCC4)CC3)C(=O)c3ccccc3C2=O)c1. The predicted octanol–water partition coefficient (Wildman–Crippen LogP) is 4.17. The lowest BCUT2D eigenvalue weighted by Gasteiger charge is -2.44. The van der Waals surface area contributed by atoms with Gasteiger partial charge in [0.2, 0.25) is 0 Å². The van der Waals surface area contributed by atoms with Crippen LogP contribution in [0.25, 0.3) is 0 Å². The fourth-order valence-corrected chi connectivity index (χ4v) is 5.95. The Labute approximate surface area is 190 Å². The molecule has 5 rings (SSSR count). The molecule has 3 aliphatic rings. The summed E-state index contributed by atoms with van der Waals surface area (Å²) in [5.41, 5.74) is 0.480. The van der Waals surface area contributed by atoms with Crippen LogP contribution in [-0.2, 0) is 5.54 Å². The molecule has 0 amide bonds. The first-order valence-corrected chi connectivity index (χ1v) is 11.9. The molecular weight excluding hydrogens is 400 g/mol. The lowest BCUT2D eigenvalue weighted by Crippen LogP contribution is -2.60. The predicted molar refractivity (Wildman–Crippen MR) is 124 cm³/mol. The molecule has 0 bridgehead atoms. The number of hydrogen-bond acceptors (Lipinski definition) is 5. The number of methoxy groups -OCH3 is 1. The monoisotopic (exact) mass is 432 g/mol. The van der Waals surface area contributed by atoms with Gasteiger partial charge in [-0.25, -0.2) is 0 Å². The quantitative estimate of drug-likeness (QED) is 0.664. The Morgan fingerprint density at radius 3 is 2.16 bits per heavy atom. The highest BCUT2D eigenvalue weighted by molar-refractivity contribution is 6.32. The minimum absolute atomic E-state index is 0.105. The third-order valence-corrected chi connectivity index (χ3v) is 7.65. The van der Waals surface area contributed by atoms with E-state index in [2.05, 4.69) is 9.80 Å². The van der Waals surface area contributed by atoms with E-state index in [1.54, 1.807) is 19.2 Å². The van der Waals surface area contributed by atoms with Gasteiger partial charge in [0.15, 0.2) is 17.1 Å². The van der Waals surface area contributed by atoms with Crippen molar-refractivity contribution in [2.24, 2.45) is 5.92 Å². The summed E-state index contributed by atoms with van der Waals surface area (Å²) in [6.45, 7) is 4.32. The van der Waals surface area contributed by atoms with Crippen LogP contribution in [-0.4, -0.2) is 61.2 Å². The number of carbonyl (C=O) groups is 2. The van der Waals surface area contributed by atoms with Gasteiger partial charge in [-0.1, -0.05) is 55.7 Å². The van der Waals surface area contributed by atoms with Crippen molar-refractivity contribution in [3.05, 3.63) is 65.2 Å². The summed E-state index contributed by atoms with van der Waals surface area (Å²) in [5, 5.41) is 0. The topological polar surface area (TPSA) is 49.9 Å². The summed E-state index contributed by atoms with van der Waals surface area (Å²) in [6, 6.07) is 14.7. The maximum Gasteiger partial charge on any atom is 0.196 e. The highest BCUT2D eigenvalue weighted by Gasteiger charge is 2.58. The van der Waals surface area contributed by atoms with Crippen molar-refractivity contribution in [1.82, 2.24) is 9.80 Å². The van der Waals surface area contributed by atoms with E-state index in [1.807, 2.05) is 36.4 Å². The van der Waals surface area contributed by atoms with Crippen molar-refractivity contribution in [3.63, 3.8) is 0 Å². The second kappa shape index (κ2) is 8.80. The number of hydrogen-bond donors (Lipinski definition) is 0. The van der Waals surface area contributed by atoms with Crippen molar-refractivity contribution >= 4 is 11.6 Å². The standard InChI is InChI=1S/C27H32N2O3/c1-32-22-11-7-10-21(18-22)27(25(30)23-12-5-6-13-24(23)26(27)31)29-16-14-28(15-17-29)19-20-8-3-2-4-9-20/h5-7,10-13,18,20H,2-4,8-9,14-17,19H2,1H3. The molecule has 2 aromatic carbocycles. The molecule has 1 saturated carbocycles. The molecule has 2 aromatic rings. The van der Waals surface area contributed by atoms with Crippen molar-refractivity contribution in [3.8, 4) is 5.75 Å². The van der Waals surface area contributed by atoms with Crippen molar-refractivity contribution in [1.29, 1.82) is 0 Å². The fourth-order valence-electron chi connectivity index (χ4n) is 5.95. The summed E-state index contributed by atoms with van der Waals surface area (Å²) in [5.74, 6) is 1.25. The molecule has 1 aliphatic heterocycles. The molecule has 1 heterocycles.